The molecule has 2 fully saturated rings. The highest BCUT2D eigenvalue weighted by atomic mass is 35.5. The molecule has 0 bridgehead atoms. The Hall–Kier alpha value is -3.99. The number of rotatable bonds is 10. The molecular weight excluding hydrogens is 578 g/mol. The molecule has 0 aliphatic carbocycles. The van der Waals surface area contributed by atoms with Crippen molar-refractivity contribution in [2.24, 2.45) is 0 Å². The molecule has 9 nitrogen and oxygen atoms in total. The maximum atomic E-state index is 13.0. The number of anilines is 2. The quantitative estimate of drug-likeness (QED) is 0.288. The first-order valence-corrected chi connectivity index (χ1v) is 14.7. The molecule has 0 saturated carbocycles. The molecule has 2 aliphatic rings. The Balaban J connectivity index is 1.20. The minimum atomic E-state index is -0.524. The Morgan fingerprint density at radius 3 is 2.45 bits per heavy atom. The first-order valence-electron chi connectivity index (χ1n) is 13.5. The Labute approximate surface area is 253 Å². The summed E-state index contributed by atoms with van der Waals surface area (Å²) >= 11 is 6.75. The highest BCUT2D eigenvalue weighted by molar-refractivity contribution is 8.18. The molecule has 0 radical (unpaired) electrons. The number of morpholine rings is 1. The lowest BCUT2D eigenvalue weighted by molar-refractivity contribution is -0.127. The molecule has 2 heterocycles. The van der Waals surface area contributed by atoms with Crippen molar-refractivity contribution in [2.45, 2.75) is 13.5 Å². The average Bonchev–Trinajstić information content (AvgIpc) is 3.25. The lowest BCUT2D eigenvalue weighted by Crippen LogP contribution is -2.36. The number of nitrogens with one attached hydrogen (secondary N) is 1. The van der Waals surface area contributed by atoms with Gasteiger partial charge in [-0.1, -0.05) is 29.8 Å². The van der Waals surface area contributed by atoms with E-state index < -0.39 is 17.1 Å². The van der Waals surface area contributed by atoms with Crippen LogP contribution in [0.1, 0.15) is 18.1 Å². The monoisotopic (exact) mass is 607 g/mol. The van der Waals surface area contributed by atoms with Crippen LogP contribution in [0.15, 0.2) is 71.6 Å². The Morgan fingerprint density at radius 1 is 1.00 bits per heavy atom. The molecule has 3 amide bonds. The number of hydrogen-bond acceptors (Lipinski definition) is 8. The van der Waals surface area contributed by atoms with Crippen LogP contribution in [-0.2, 0) is 20.9 Å². The molecule has 0 spiro atoms. The van der Waals surface area contributed by atoms with Crippen LogP contribution in [-0.4, -0.2) is 61.4 Å². The molecule has 0 atom stereocenters. The highest BCUT2D eigenvalue weighted by Gasteiger charge is 2.36. The van der Waals surface area contributed by atoms with Crippen LogP contribution in [0, 0.1) is 0 Å². The maximum absolute atomic E-state index is 13.0. The number of ether oxygens (including phenoxy) is 3. The van der Waals surface area contributed by atoms with Crippen LogP contribution >= 0.6 is 23.4 Å². The Morgan fingerprint density at radius 2 is 1.74 bits per heavy atom. The summed E-state index contributed by atoms with van der Waals surface area (Å²) in [6.07, 6.45) is 1.61. The van der Waals surface area contributed by atoms with E-state index in [1.807, 2.05) is 31.2 Å². The molecule has 218 valence electrons. The molecule has 2 aliphatic heterocycles. The van der Waals surface area contributed by atoms with E-state index in [-0.39, 0.29) is 11.4 Å². The van der Waals surface area contributed by atoms with E-state index in [4.69, 9.17) is 25.8 Å². The summed E-state index contributed by atoms with van der Waals surface area (Å²) in [7, 11) is 0. The number of thioether (sulfide) groups is 1. The number of nitrogens with zero attached hydrogens (tertiary/aromatic N) is 2. The number of halogens is 1. The van der Waals surface area contributed by atoms with Crippen LogP contribution in [0.4, 0.5) is 16.2 Å². The lowest BCUT2D eigenvalue weighted by atomic mass is 10.1. The number of hydrogen-bond donors (Lipinski definition) is 1. The van der Waals surface area contributed by atoms with E-state index in [1.54, 1.807) is 48.5 Å². The van der Waals surface area contributed by atoms with E-state index >= 15 is 0 Å². The molecule has 42 heavy (non-hydrogen) atoms. The molecule has 3 aromatic rings. The smallest absolute Gasteiger partial charge is 0.294 e. The van der Waals surface area contributed by atoms with Gasteiger partial charge < -0.3 is 24.4 Å². The molecular formula is C31H30ClN3O6S. The summed E-state index contributed by atoms with van der Waals surface area (Å²) in [5, 5.41) is 2.91. The zero-order valence-corrected chi connectivity index (χ0v) is 24.6. The Bertz CT molecular complexity index is 1470. The number of carbonyl (C=O) groups excluding carboxylic acids is 3. The second-order valence-corrected chi connectivity index (χ2v) is 10.9. The SMILES string of the molecule is CCOc1cc(/C=C2/SC(=O)N(CC(=O)Nc3ccc(N4CCOCC4)cc3)C2=O)ccc1OCc1ccc(Cl)cc1. The van der Waals surface area contributed by atoms with Crippen molar-refractivity contribution < 1.29 is 28.6 Å². The van der Waals surface area contributed by atoms with Crippen molar-refractivity contribution in [2.75, 3.05) is 49.7 Å². The molecule has 3 aromatic carbocycles. The van der Waals surface area contributed by atoms with Gasteiger partial charge in [-0.2, -0.15) is 0 Å². The normalized spacial score (nSPS) is 16.2. The fourth-order valence-electron chi connectivity index (χ4n) is 4.45. The summed E-state index contributed by atoms with van der Waals surface area (Å²) in [4.78, 5) is 41.8. The zero-order valence-electron chi connectivity index (χ0n) is 23.0. The van der Waals surface area contributed by atoms with E-state index in [9.17, 15) is 14.4 Å². The van der Waals surface area contributed by atoms with Crippen LogP contribution in [0.3, 0.4) is 0 Å². The van der Waals surface area contributed by atoms with Crippen LogP contribution < -0.4 is 19.7 Å². The van der Waals surface area contributed by atoms with Gasteiger partial charge in [-0.3, -0.25) is 19.3 Å². The third kappa shape index (κ3) is 7.44. The number of benzene rings is 3. The van der Waals surface area contributed by atoms with Crippen molar-refractivity contribution >= 4 is 57.9 Å². The predicted molar refractivity (Wildman–Crippen MR) is 164 cm³/mol. The molecule has 0 aromatic heterocycles. The van der Waals surface area contributed by atoms with Crippen molar-refractivity contribution in [3.8, 4) is 11.5 Å². The van der Waals surface area contributed by atoms with Crippen molar-refractivity contribution in [1.29, 1.82) is 0 Å². The van der Waals surface area contributed by atoms with Gasteiger partial charge in [0.25, 0.3) is 11.1 Å². The summed E-state index contributed by atoms with van der Waals surface area (Å²) in [5.41, 5.74) is 3.24. The largest absolute Gasteiger partial charge is 0.490 e. The molecule has 5 rings (SSSR count). The summed E-state index contributed by atoms with van der Waals surface area (Å²) in [6.45, 7) is 5.23. The van der Waals surface area contributed by atoms with Crippen molar-refractivity contribution in [3.63, 3.8) is 0 Å². The first kappa shape index (κ1) is 29.5. The van der Waals surface area contributed by atoms with Gasteiger partial charge in [0.2, 0.25) is 5.91 Å². The standard InChI is InChI=1S/C31H30ClN3O6S/c1-2-40-27-17-22(5-12-26(27)41-20-21-3-6-23(32)7-4-21)18-28-30(37)35(31(38)42-28)19-29(36)33-24-8-10-25(11-9-24)34-13-15-39-16-14-34/h3-12,17-18H,2,13-16,19-20H2,1H3,(H,33,36)/b28-18+. The minimum Gasteiger partial charge on any atom is -0.490 e. The topological polar surface area (TPSA) is 97.4 Å². The summed E-state index contributed by atoms with van der Waals surface area (Å²) in [5.74, 6) is 0.0764. The third-order valence-corrected chi connectivity index (χ3v) is 7.73. The number of carbonyl (C=O) groups is 3. The summed E-state index contributed by atoms with van der Waals surface area (Å²) in [6, 6.07) is 20.1. The van der Waals surface area contributed by atoms with Gasteiger partial charge in [0.15, 0.2) is 11.5 Å². The van der Waals surface area contributed by atoms with Crippen molar-refractivity contribution in [3.05, 3.63) is 87.8 Å². The minimum absolute atomic E-state index is 0.222. The fraction of sp³-hybridized carbons (Fsp3) is 0.258. The van der Waals surface area contributed by atoms with Crippen LogP contribution in [0.2, 0.25) is 5.02 Å². The van der Waals surface area contributed by atoms with Gasteiger partial charge in [-0.05, 0) is 84.4 Å². The molecule has 2 saturated heterocycles. The van der Waals surface area contributed by atoms with Crippen molar-refractivity contribution in [1.82, 2.24) is 4.90 Å². The molecule has 11 heteroatoms. The van der Waals surface area contributed by atoms with E-state index in [1.165, 1.54) is 0 Å². The maximum Gasteiger partial charge on any atom is 0.294 e. The van der Waals surface area contributed by atoms with E-state index in [2.05, 4.69) is 10.2 Å². The van der Waals surface area contributed by atoms with E-state index in [0.717, 1.165) is 41.0 Å². The van der Waals surface area contributed by atoms with Crippen LogP contribution in [0.25, 0.3) is 6.08 Å². The highest BCUT2D eigenvalue weighted by Crippen LogP contribution is 2.35. The van der Waals surface area contributed by atoms with E-state index in [0.29, 0.717) is 54.2 Å². The average molecular weight is 608 g/mol. The first-order chi connectivity index (χ1) is 20.4. The zero-order chi connectivity index (χ0) is 29.5. The van der Waals surface area contributed by atoms with Gasteiger partial charge in [-0.15, -0.1) is 0 Å². The number of amides is 3. The summed E-state index contributed by atoms with van der Waals surface area (Å²) < 4.78 is 17.1. The van der Waals surface area contributed by atoms with Crippen LogP contribution in [0.5, 0.6) is 11.5 Å². The van der Waals surface area contributed by atoms with Gasteiger partial charge in [0.05, 0.1) is 24.7 Å². The third-order valence-electron chi connectivity index (χ3n) is 6.58. The second-order valence-electron chi connectivity index (χ2n) is 9.52. The predicted octanol–water partition coefficient (Wildman–Crippen LogP) is 5.83. The lowest BCUT2D eigenvalue weighted by Gasteiger charge is -2.28. The van der Waals surface area contributed by atoms with Gasteiger partial charge in [0, 0.05) is 29.5 Å². The molecule has 0 unspecified atom stereocenters. The fourth-order valence-corrected chi connectivity index (χ4v) is 5.42. The molecule has 1 N–H and O–H groups in total. The van der Waals surface area contributed by atoms with Gasteiger partial charge >= 0.3 is 0 Å². The van der Waals surface area contributed by atoms with Gasteiger partial charge in [-0.25, -0.2) is 0 Å². The van der Waals surface area contributed by atoms with Gasteiger partial charge in [0.1, 0.15) is 13.2 Å². The Kier molecular flexibility index (Phi) is 9.68. The second kappa shape index (κ2) is 13.8. The number of imide groups is 1.